The largest absolute Gasteiger partial charge is 0.361 e. The summed E-state index contributed by atoms with van der Waals surface area (Å²) in [7, 11) is 1.81. The summed E-state index contributed by atoms with van der Waals surface area (Å²) in [5, 5.41) is 19.7. The predicted octanol–water partition coefficient (Wildman–Crippen LogP) is 2.47. The zero-order chi connectivity index (χ0) is 26.6. The van der Waals surface area contributed by atoms with E-state index in [0.717, 1.165) is 12.8 Å². The number of nitrogens with zero attached hydrogens (tertiary/aromatic N) is 6. The number of amides is 2. The molecule has 1 aromatic carbocycles. The van der Waals surface area contributed by atoms with Gasteiger partial charge in [0.15, 0.2) is 17.3 Å². The van der Waals surface area contributed by atoms with Crippen molar-refractivity contribution in [3.63, 3.8) is 0 Å². The SMILES string of the molecule is [2H]C([2H])([2H])NC(=O)c1nnc(NC(=O)C2CC2)cc1Nc1cc(F)cc2c1N(C)[C@H](C)c1nc(C)nn1-2. The Morgan fingerprint density at radius 1 is 1.21 bits per heavy atom. The second kappa shape index (κ2) is 8.04. The molecule has 3 aromatic rings. The minimum absolute atomic E-state index is 0.0252. The molecule has 0 radical (unpaired) electrons. The highest BCUT2D eigenvalue weighted by atomic mass is 19.1. The van der Waals surface area contributed by atoms with Crippen molar-refractivity contribution in [3.8, 4) is 5.69 Å². The molecule has 176 valence electrons. The highest BCUT2D eigenvalue weighted by molar-refractivity contribution is 6.00. The molecular formula is C22H24FN9O2. The third-order valence-electron chi connectivity index (χ3n) is 5.92. The molecule has 2 aliphatic rings. The van der Waals surface area contributed by atoms with Gasteiger partial charge in [0.05, 0.1) is 28.8 Å². The topological polar surface area (TPSA) is 130 Å². The fourth-order valence-electron chi connectivity index (χ4n) is 3.95. The van der Waals surface area contributed by atoms with Crippen LogP contribution in [-0.2, 0) is 4.79 Å². The van der Waals surface area contributed by atoms with Crippen LogP contribution in [0.25, 0.3) is 5.69 Å². The van der Waals surface area contributed by atoms with Gasteiger partial charge in [0, 0.05) is 36.2 Å². The Kier molecular flexibility index (Phi) is 4.34. The molecule has 1 fully saturated rings. The van der Waals surface area contributed by atoms with Gasteiger partial charge < -0.3 is 20.9 Å². The van der Waals surface area contributed by atoms with Crippen molar-refractivity contribution in [2.24, 2.45) is 5.92 Å². The zero-order valence-corrected chi connectivity index (χ0v) is 18.7. The van der Waals surface area contributed by atoms with Crippen molar-refractivity contribution in [1.82, 2.24) is 30.3 Å². The van der Waals surface area contributed by atoms with Crippen molar-refractivity contribution in [2.45, 2.75) is 32.7 Å². The molecule has 1 aliphatic carbocycles. The number of carbonyl (C=O) groups is 2. The molecule has 12 heteroatoms. The summed E-state index contributed by atoms with van der Waals surface area (Å²) in [6.45, 7) is 0.890. The van der Waals surface area contributed by atoms with Crippen LogP contribution in [0.2, 0.25) is 0 Å². The van der Waals surface area contributed by atoms with Gasteiger partial charge in [-0.2, -0.15) is 5.10 Å². The number of rotatable bonds is 5. The number of hydrogen-bond donors (Lipinski definition) is 3. The smallest absolute Gasteiger partial charge is 0.273 e. The molecule has 0 unspecified atom stereocenters. The second-order valence-corrected chi connectivity index (χ2v) is 8.37. The van der Waals surface area contributed by atoms with Crippen LogP contribution in [0, 0.1) is 18.7 Å². The first kappa shape index (κ1) is 18.3. The lowest BCUT2D eigenvalue weighted by atomic mass is 10.1. The van der Waals surface area contributed by atoms with E-state index in [1.54, 1.807) is 11.6 Å². The number of fused-ring (bicyclic) bond motifs is 3. The minimum Gasteiger partial charge on any atom is -0.361 e. The van der Waals surface area contributed by atoms with E-state index in [9.17, 15) is 14.0 Å². The van der Waals surface area contributed by atoms with Gasteiger partial charge in [0.25, 0.3) is 5.91 Å². The van der Waals surface area contributed by atoms with Crippen LogP contribution in [0.3, 0.4) is 0 Å². The van der Waals surface area contributed by atoms with E-state index in [-0.39, 0.29) is 40.8 Å². The number of carbonyl (C=O) groups excluding carboxylic acids is 2. The Hall–Kier alpha value is -4.09. The molecule has 5 rings (SSSR count). The first-order chi connectivity index (χ1) is 17.4. The number of halogens is 1. The highest BCUT2D eigenvalue weighted by Crippen LogP contribution is 2.43. The normalized spacial score (nSPS) is 18.2. The fraction of sp³-hybridized carbons (Fsp3) is 0.364. The third-order valence-corrected chi connectivity index (χ3v) is 5.92. The van der Waals surface area contributed by atoms with E-state index in [1.807, 2.05) is 24.2 Å². The van der Waals surface area contributed by atoms with Crippen LogP contribution >= 0.6 is 0 Å². The Labute approximate surface area is 199 Å². The maximum atomic E-state index is 14.9. The van der Waals surface area contributed by atoms with Gasteiger partial charge in [-0.05, 0) is 32.8 Å². The van der Waals surface area contributed by atoms with Gasteiger partial charge in [-0.15, -0.1) is 10.2 Å². The van der Waals surface area contributed by atoms with Crippen molar-refractivity contribution in [3.05, 3.63) is 41.4 Å². The van der Waals surface area contributed by atoms with Crippen molar-refractivity contribution in [2.75, 3.05) is 29.6 Å². The van der Waals surface area contributed by atoms with E-state index in [0.29, 0.717) is 23.0 Å². The Bertz CT molecular complexity index is 1420. The molecule has 0 bridgehead atoms. The first-order valence-corrected chi connectivity index (χ1v) is 10.7. The zero-order valence-electron chi connectivity index (χ0n) is 21.7. The van der Waals surface area contributed by atoms with E-state index in [1.165, 1.54) is 18.2 Å². The molecule has 1 saturated carbocycles. The number of hydrogen-bond acceptors (Lipinski definition) is 8. The van der Waals surface area contributed by atoms with Gasteiger partial charge in [-0.25, -0.2) is 14.1 Å². The van der Waals surface area contributed by atoms with Crippen molar-refractivity contribution in [1.29, 1.82) is 0 Å². The van der Waals surface area contributed by atoms with Crippen LogP contribution in [0.15, 0.2) is 18.2 Å². The van der Waals surface area contributed by atoms with Gasteiger partial charge in [0.2, 0.25) is 5.91 Å². The maximum absolute atomic E-state index is 14.9. The van der Waals surface area contributed by atoms with Crippen LogP contribution in [0.5, 0.6) is 0 Å². The molecular weight excluding hydrogens is 441 g/mol. The average Bonchev–Trinajstić information content (AvgIpc) is 3.57. The molecule has 0 spiro atoms. The van der Waals surface area contributed by atoms with Crippen LogP contribution < -0.4 is 20.9 Å². The summed E-state index contributed by atoms with van der Waals surface area (Å²) >= 11 is 0. The molecule has 0 saturated heterocycles. The summed E-state index contributed by atoms with van der Waals surface area (Å²) in [6, 6.07) is 3.71. The highest BCUT2D eigenvalue weighted by Gasteiger charge is 2.32. The van der Waals surface area contributed by atoms with E-state index in [4.69, 9.17) is 4.11 Å². The molecule has 3 N–H and O–H groups in total. The molecule has 11 nitrogen and oxygen atoms in total. The third kappa shape index (κ3) is 3.70. The van der Waals surface area contributed by atoms with Crippen molar-refractivity contribution < 1.29 is 18.1 Å². The number of aromatic nitrogens is 5. The standard InChI is InChI=1S/C22H24FN9O2/c1-10-20-25-11(2)30-32(20)16-8-13(23)7-15(19(16)31(10)4)26-14-9-17(27-21(33)12-5-6-12)28-29-18(14)22(34)24-3/h7-10,12H,5-6H2,1-4H3,(H,24,34)(H2,26,27,28,33)/t10-/m1/s1/i3D3. The lowest BCUT2D eigenvalue weighted by Crippen LogP contribution is -2.31. The Morgan fingerprint density at radius 2 is 2.00 bits per heavy atom. The minimum atomic E-state index is -2.77. The molecule has 1 atom stereocenters. The van der Waals surface area contributed by atoms with Gasteiger partial charge in [-0.3, -0.25) is 9.59 Å². The molecule has 2 aromatic heterocycles. The average molecular weight is 469 g/mol. The van der Waals surface area contributed by atoms with Crippen LogP contribution in [0.1, 0.15) is 52.1 Å². The molecule has 1 aliphatic heterocycles. The number of anilines is 4. The molecule has 34 heavy (non-hydrogen) atoms. The lowest BCUT2D eigenvalue weighted by Gasteiger charge is -2.35. The predicted molar refractivity (Wildman–Crippen MR) is 123 cm³/mol. The lowest BCUT2D eigenvalue weighted by molar-refractivity contribution is -0.117. The summed E-state index contributed by atoms with van der Waals surface area (Å²) in [6.07, 6.45) is 1.54. The number of nitrogens with one attached hydrogen (secondary N) is 3. The summed E-state index contributed by atoms with van der Waals surface area (Å²) in [5.41, 5.74) is 0.934. The second-order valence-electron chi connectivity index (χ2n) is 8.37. The summed E-state index contributed by atoms with van der Waals surface area (Å²) in [5.74, 6) is -0.714. The van der Waals surface area contributed by atoms with Gasteiger partial charge >= 0.3 is 0 Å². The maximum Gasteiger partial charge on any atom is 0.273 e. The molecule has 2 amide bonds. The summed E-state index contributed by atoms with van der Waals surface area (Å²) in [4.78, 5) is 31.4. The first-order valence-electron chi connectivity index (χ1n) is 12.2. The number of aryl methyl sites for hydroxylation is 1. The monoisotopic (exact) mass is 468 g/mol. The Balaban J connectivity index is 1.60. The Morgan fingerprint density at radius 3 is 2.74 bits per heavy atom. The fourth-order valence-corrected chi connectivity index (χ4v) is 3.95. The van der Waals surface area contributed by atoms with E-state index >= 15 is 0 Å². The number of benzene rings is 1. The van der Waals surface area contributed by atoms with Crippen LogP contribution in [-0.4, -0.2) is 50.8 Å². The summed E-state index contributed by atoms with van der Waals surface area (Å²) < 4.78 is 38.5. The molecule has 3 heterocycles. The van der Waals surface area contributed by atoms with Crippen molar-refractivity contribution >= 4 is 34.7 Å². The van der Waals surface area contributed by atoms with E-state index < -0.39 is 18.7 Å². The van der Waals surface area contributed by atoms with Crippen LogP contribution in [0.4, 0.5) is 27.3 Å². The van der Waals surface area contributed by atoms with Gasteiger partial charge in [-0.1, -0.05) is 0 Å². The van der Waals surface area contributed by atoms with Gasteiger partial charge in [0.1, 0.15) is 11.6 Å². The van der Waals surface area contributed by atoms with E-state index in [2.05, 4.69) is 30.9 Å². The quantitative estimate of drug-likeness (QED) is 0.521.